The molecular formula is C8H8NO2Si+. The van der Waals surface area contributed by atoms with E-state index in [4.69, 9.17) is 8.95 Å². The van der Waals surface area contributed by atoms with E-state index in [-0.39, 0.29) is 10.0 Å². The lowest BCUT2D eigenvalue weighted by Crippen LogP contribution is -2.04. The summed E-state index contributed by atoms with van der Waals surface area (Å²) in [6.07, 6.45) is 0. The largest absolute Gasteiger partial charge is 0.701 e. The van der Waals surface area contributed by atoms with Crippen LogP contribution in [0, 0.1) is 0 Å². The fourth-order valence-corrected chi connectivity index (χ4v) is 1.57. The maximum atomic E-state index is 5.25. The summed E-state index contributed by atoms with van der Waals surface area (Å²) in [5.74, 6) is 0.791. The van der Waals surface area contributed by atoms with E-state index in [0.29, 0.717) is 0 Å². The summed E-state index contributed by atoms with van der Waals surface area (Å²) in [5, 5.41) is 0. The number of nitrogens with zero attached hydrogens (tertiary/aromatic N) is 1. The van der Waals surface area contributed by atoms with Crippen LogP contribution >= 0.6 is 0 Å². The van der Waals surface area contributed by atoms with E-state index in [1.807, 2.05) is 37.3 Å². The van der Waals surface area contributed by atoms with Crippen molar-refractivity contribution in [1.29, 1.82) is 0 Å². The van der Waals surface area contributed by atoms with Gasteiger partial charge < -0.3 is 4.43 Å². The molecule has 1 aromatic carbocycles. The monoisotopic (exact) mass is 178 g/mol. The lowest BCUT2D eigenvalue weighted by molar-refractivity contribution is -0.681. The van der Waals surface area contributed by atoms with Gasteiger partial charge in [0.1, 0.15) is 0 Å². The standard InChI is InChI=1S/C8H8NO2Si/c1-7-9(11-12-10-7)8-5-3-2-4-6-8/h2-6H,1H3/q+1. The lowest BCUT2D eigenvalue weighted by Gasteiger charge is -1.91. The van der Waals surface area contributed by atoms with Crippen LogP contribution in [0.1, 0.15) is 6.92 Å². The van der Waals surface area contributed by atoms with E-state index in [2.05, 4.69) is 0 Å². The van der Waals surface area contributed by atoms with Gasteiger partial charge in [0.2, 0.25) is 0 Å². The average Bonchev–Trinajstić information content (AvgIpc) is 2.53. The van der Waals surface area contributed by atoms with Crippen molar-refractivity contribution in [1.82, 2.24) is 0 Å². The van der Waals surface area contributed by atoms with Crippen LogP contribution in [0.5, 0.6) is 0 Å². The molecule has 1 aliphatic heterocycles. The molecule has 0 fully saturated rings. The van der Waals surface area contributed by atoms with Crippen molar-refractivity contribution in [2.45, 2.75) is 6.92 Å². The van der Waals surface area contributed by atoms with Gasteiger partial charge in [-0.05, 0) is 0 Å². The molecule has 1 aromatic rings. The van der Waals surface area contributed by atoms with E-state index in [1.165, 1.54) is 0 Å². The van der Waals surface area contributed by atoms with Crippen LogP contribution in [0.4, 0.5) is 5.69 Å². The van der Waals surface area contributed by atoms with Gasteiger partial charge in [-0.15, -0.1) is 0 Å². The summed E-state index contributed by atoms with van der Waals surface area (Å²) in [6, 6.07) is 9.85. The number of para-hydroxylation sites is 1. The molecule has 0 N–H and O–H groups in total. The Balaban J connectivity index is 2.37. The minimum Gasteiger partial charge on any atom is -0.455 e. The zero-order valence-electron chi connectivity index (χ0n) is 6.65. The second-order valence-electron chi connectivity index (χ2n) is 2.43. The molecule has 0 aliphatic carbocycles. The summed E-state index contributed by atoms with van der Waals surface area (Å²) in [5.41, 5.74) is 1.00. The van der Waals surface area contributed by atoms with E-state index in [0.717, 1.165) is 11.6 Å². The molecule has 2 rings (SSSR count). The predicted molar refractivity (Wildman–Crippen MR) is 45.0 cm³/mol. The highest BCUT2D eigenvalue weighted by molar-refractivity contribution is 6.23. The minimum atomic E-state index is 0.0837. The Labute approximate surface area is 73.3 Å². The molecule has 0 atom stereocenters. The van der Waals surface area contributed by atoms with Gasteiger partial charge >= 0.3 is 15.9 Å². The molecule has 0 amide bonds. The molecule has 4 heteroatoms. The normalized spacial score (nSPS) is 15.8. The molecule has 2 radical (unpaired) electrons. The first kappa shape index (κ1) is 7.36. The fourth-order valence-electron chi connectivity index (χ4n) is 1.02. The quantitative estimate of drug-likeness (QED) is 0.476. The van der Waals surface area contributed by atoms with Gasteiger partial charge in [-0.2, -0.15) is 0 Å². The van der Waals surface area contributed by atoms with Crippen LogP contribution in [0.15, 0.2) is 30.3 Å². The van der Waals surface area contributed by atoms with Crippen LogP contribution in [0.25, 0.3) is 0 Å². The number of hydrogen-bond donors (Lipinski definition) is 0. The third-order valence-electron chi connectivity index (χ3n) is 1.59. The molecule has 1 heterocycles. The van der Waals surface area contributed by atoms with E-state index in [1.54, 1.807) is 4.74 Å². The van der Waals surface area contributed by atoms with Gasteiger partial charge in [-0.25, -0.2) is 0 Å². The van der Waals surface area contributed by atoms with Crippen LogP contribution in [-0.2, 0) is 8.95 Å². The molecule has 3 nitrogen and oxygen atoms in total. The van der Waals surface area contributed by atoms with E-state index < -0.39 is 0 Å². The first-order valence-electron chi connectivity index (χ1n) is 3.65. The van der Waals surface area contributed by atoms with Crippen molar-refractivity contribution in [3.63, 3.8) is 0 Å². The van der Waals surface area contributed by atoms with E-state index >= 15 is 0 Å². The highest BCUT2D eigenvalue weighted by Gasteiger charge is 2.27. The van der Waals surface area contributed by atoms with E-state index in [9.17, 15) is 0 Å². The highest BCUT2D eigenvalue weighted by atomic mass is 28.3. The SMILES string of the molecule is CC1=[N+](c2ccccc2)O[Si]O1. The molecule has 0 bridgehead atoms. The smallest absolute Gasteiger partial charge is 0.455 e. The van der Waals surface area contributed by atoms with Gasteiger partial charge in [-0.1, -0.05) is 18.2 Å². The maximum absolute atomic E-state index is 5.25. The first-order valence-corrected chi connectivity index (χ1v) is 4.47. The Morgan fingerprint density at radius 3 is 2.58 bits per heavy atom. The average molecular weight is 178 g/mol. The van der Waals surface area contributed by atoms with Gasteiger partial charge in [-0.3, -0.25) is 4.53 Å². The van der Waals surface area contributed by atoms with Crippen molar-refractivity contribution in [2.24, 2.45) is 0 Å². The molecule has 1 aliphatic rings. The zero-order valence-corrected chi connectivity index (χ0v) is 7.65. The van der Waals surface area contributed by atoms with Gasteiger partial charge in [0.15, 0.2) is 0 Å². The maximum Gasteiger partial charge on any atom is 0.701 e. The second kappa shape index (κ2) is 2.98. The van der Waals surface area contributed by atoms with Crippen LogP contribution in [-0.4, -0.2) is 20.6 Å². The summed E-state index contributed by atoms with van der Waals surface area (Å²) in [6.45, 7) is 1.88. The molecule has 0 spiro atoms. The Morgan fingerprint density at radius 2 is 2.00 bits per heavy atom. The topological polar surface area (TPSA) is 21.5 Å². The number of rotatable bonds is 1. The predicted octanol–water partition coefficient (Wildman–Crippen LogP) is 1.24. The summed E-state index contributed by atoms with van der Waals surface area (Å²) in [7, 11) is 0.0837. The molecule has 0 saturated heterocycles. The Bertz CT molecular complexity index is 310. The molecular weight excluding hydrogens is 170 g/mol. The van der Waals surface area contributed by atoms with Gasteiger partial charge in [0, 0.05) is 16.9 Å². The number of hydrogen-bond acceptors (Lipinski definition) is 2. The van der Waals surface area contributed by atoms with Crippen molar-refractivity contribution < 1.29 is 13.7 Å². The Kier molecular flexibility index (Phi) is 1.83. The highest BCUT2D eigenvalue weighted by Crippen LogP contribution is 2.13. The third kappa shape index (κ3) is 1.21. The van der Waals surface area contributed by atoms with Crippen LogP contribution in [0.2, 0.25) is 0 Å². The Morgan fingerprint density at radius 1 is 1.25 bits per heavy atom. The minimum absolute atomic E-state index is 0.0837. The summed E-state index contributed by atoms with van der Waals surface area (Å²) < 4.78 is 12.1. The number of benzene rings is 1. The fraction of sp³-hybridized carbons (Fsp3) is 0.125. The van der Waals surface area contributed by atoms with Gasteiger partial charge in [0.25, 0.3) is 5.69 Å². The van der Waals surface area contributed by atoms with Crippen molar-refractivity contribution in [3.05, 3.63) is 30.3 Å². The molecule has 0 unspecified atom stereocenters. The van der Waals surface area contributed by atoms with Crippen molar-refractivity contribution in [3.8, 4) is 0 Å². The molecule has 0 aromatic heterocycles. The van der Waals surface area contributed by atoms with Crippen LogP contribution < -0.4 is 0 Å². The molecule has 12 heavy (non-hydrogen) atoms. The van der Waals surface area contributed by atoms with Crippen molar-refractivity contribution >= 4 is 21.6 Å². The molecule has 0 saturated carbocycles. The van der Waals surface area contributed by atoms with Gasteiger partial charge in [0.05, 0.1) is 6.92 Å². The zero-order chi connectivity index (χ0) is 8.39. The van der Waals surface area contributed by atoms with Crippen LogP contribution in [0.3, 0.4) is 0 Å². The van der Waals surface area contributed by atoms with Crippen molar-refractivity contribution in [2.75, 3.05) is 0 Å². The lowest BCUT2D eigenvalue weighted by atomic mass is 10.3. The molecule has 60 valence electrons. The second-order valence-corrected chi connectivity index (χ2v) is 2.98. The third-order valence-corrected chi connectivity index (χ3v) is 2.23. The first-order chi connectivity index (χ1) is 5.88. The summed E-state index contributed by atoms with van der Waals surface area (Å²) >= 11 is 0. The summed E-state index contributed by atoms with van der Waals surface area (Å²) in [4.78, 5) is 0. The Hall–Kier alpha value is -1.29.